The summed E-state index contributed by atoms with van der Waals surface area (Å²) < 4.78 is 18.9. The van der Waals surface area contributed by atoms with Crippen LogP contribution in [-0.4, -0.2) is 12.6 Å². The van der Waals surface area contributed by atoms with E-state index in [0.29, 0.717) is 16.6 Å². The van der Waals surface area contributed by atoms with Crippen molar-refractivity contribution in [3.05, 3.63) is 40.1 Å². The second kappa shape index (κ2) is 7.22. The molecule has 1 aromatic rings. The van der Waals surface area contributed by atoms with Crippen LogP contribution in [0.4, 0.5) is 4.39 Å². The average molecular weight is 301 g/mol. The summed E-state index contributed by atoms with van der Waals surface area (Å²) in [6, 6.07) is 4.66. The molecule has 0 N–H and O–H groups in total. The number of unbranched alkanes of at least 4 members (excludes halogenated alkanes) is 1. The molecule has 0 aliphatic rings. The largest absolute Gasteiger partial charge is 0.463 e. The van der Waals surface area contributed by atoms with Crippen LogP contribution in [0, 0.1) is 5.82 Å². The zero-order chi connectivity index (χ0) is 12.7. The van der Waals surface area contributed by atoms with E-state index in [1.165, 1.54) is 18.2 Å². The smallest absolute Gasteiger partial charge is 0.330 e. The Hall–Kier alpha value is -1.16. The fraction of sp³-hybridized carbons (Fsp3) is 0.308. The maximum atomic E-state index is 13.4. The maximum Gasteiger partial charge on any atom is 0.330 e. The summed E-state index contributed by atoms with van der Waals surface area (Å²) in [5, 5.41) is 0. The lowest BCUT2D eigenvalue weighted by Gasteiger charge is -2.00. The number of carbonyl (C=O) groups is 1. The Morgan fingerprint density at radius 2 is 2.29 bits per heavy atom. The molecule has 0 radical (unpaired) electrons. The third-order valence-electron chi connectivity index (χ3n) is 2.10. The SMILES string of the molecule is CCCCOC(=O)/C=C/c1ccc(Br)cc1F. The molecule has 0 unspecified atom stereocenters. The van der Waals surface area contributed by atoms with Crippen molar-refractivity contribution in [2.45, 2.75) is 19.8 Å². The fourth-order valence-electron chi connectivity index (χ4n) is 1.16. The van der Waals surface area contributed by atoms with Gasteiger partial charge < -0.3 is 4.74 Å². The van der Waals surface area contributed by atoms with Gasteiger partial charge in [0.25, 0.3) is 0 Å². The van der Waals surface area contributed by atoms with Crippen molar-refractivity contribution >= 4 is 28.0 Å². The molecule has 0 fully saturated rings. The highest BCUT2D eigenvalue weighted by Gasteiger charge is 2.01. The molecule has 0 amide bonds. The lowest BCUT2D eigenvalue weighted by Crippen LogP contribution is -2.01. The van der Waals surface area contributed by atoms with Crippen LogP contribution in [0.1, 0.15) is 25.3 Å². The summed E-state index contributed by atoms with van der Waals surface area (Å²) in [6.45, 7) is 2.42. The first-order chi connectivity index (χ1) is 8.13. The van der Waals surface area contributed by atoms with Gasteiger partial charge in [-0.1, -0.05) is 35.3 Å². The van der Waals surface area contributed by atoms with Crippen molar-refractivity contribution in [2.75, 3.05) is 6.61 Å². The van der Waals surface area contributed by atoms with Crippen molar-refractivity contribution in [1.82, 2.24) is 0 Å². The summed E-state index contributed by atoms with van der Waals surface area (Å²) in [5.41, 5.74) is 0.362. The van der Waals surface area contributed by atoms with Crippen molar-refractivity contribution in [3.63, 3.8) is 0 Å². The molecule has 0 aromatic heterocycles. The van der Waals surface area contributed by atoms with Crippen LogP contribution in [0.5, 0.6) is 0 Å². The van der Waals surface area contributed by atoms with Crippen molar-refractivity contribution in [1.29, 1.82) is 0 Å². The second-order valence-electron chi connectivity index (χ2n) is 3.52. The van der Waals surface area contributed by atoms with E-state index in [9.17, 15) is 9.18 Å². The Bertz CT molecular complexity index is 416. The molecule has 1 aromatic carbocycles. The van der Waals surface area contributed by atoms with Crippen molar-refractivity contribution in [2.24, 2.45) is 0 Å². The number of carbonyl (C=O) groups excluding carboxylic acids is 1. The first-order valence-electron chi connectivity index (χ1n) is 5.43. The third-order valence-corrected chi connectivity index (χ3v) is 2.60. The summed E-state index contributed by atoms with van der Waals surface area (Å²) >= 11 is 3.16. The molecule has 92 valence electrons. The predicted octanol–water partition coefficient (Wildman–Crippen LogP) is 3.94. The summed E-state index contributed by atoms with van der Waals surface area (Å²) in [4.78, 5) is 11.2. The minimum absolute atomic E-state index is 0.362. The molecule has 0 heterocycles. The van der Waals surface area contributed by atoms with Gasteiger partial charge in [-0.05, 0) is 24.6 Å². The summed E-state index contributed by atoms with van der Waals surface area (Å²) in [5.74, 6) is -0.822. The van der Waals surface area contributed by atoms with E-state index < -0.39 is 5.97 Å². The molecule has 0 spiro atoms. The highest BCUT2D eigenvalue weighted by molar-refractivity contribution is 9.10. The first kappa shape index (κ1) is 13.9. The quantitative estimate of drug-likeness (QED) is 0.468. The van der Waals surface area contributed by atoms with Gasteiger partial charge in [-0.25, -0.2) is 9.18 Å². The van der Waals surface area contributed by atoms with Gasteiger partial charge >= 0.3 is 5.97 Å². The van der Waals surface area contributed by atoms with Crippen LogP contribution in [0.25, 0.3) is 6.08 Å². The Labute approximate surface area is 109 Å². The number of ether oxygens (including phenoxy) is 1. The molecule has 0 saturated carbocycles. The van der Waals surface area contributed by atoms with Crippen LogP contribution >= 0.6 is 15.9 Å². The summed E-state index contributed by atoms with van der Waals surface area (Å²) in [6.07, 6.45) is 4.46. The van der Waals surface area contributed by atoms with E-state index >= 15 is 0 Å². The fourth-order valence-corrected chi connectivity index (χ4v) is 1.49. The monoisotopic (exact) mass is 300 g/mol. The molecule has 0 aliphatic heterocycles. The second-order valence-corrected chi connectivity index (χ2v) is 4.44. The normalized spacial score (nSPS) is 10.8. The topological polar surface area (TPSA) is 26.3 Å². The molecule has 1 rings (SSSR count). The van der Waals surface area contributed by atoms with Gasteiger partial charge in [0.1, 0.15) is 5.82 Å². The molecular formula is C13H14BrFO2. The third kappa shape index (κ3) is 5.13. The average Bonchev–Trinajstić information content (AvgIpc) is 2.28. The number of hydrogen-bond acceptors (Lipinski definition) is 2. The van der Waals surface area contributed by atoms with Gasteiger partial charge in [-0.2, -0.15) is 0 Å². The van der Waals surface area contributed by atoms with E-state index in [1.54, 1.807) is 12.1 Å². The lowest BCUT2D eigenvalue weighted by molar-refractivity contribution is -0.137. The first-order valence-corrected chi connectivity index (χ1v) is 6.22. The number of hydrogen-bond donors (Lipinski definition) is 0. The van der Waals surface area contributed by atoms with Crippen LogP contribution < -0.4 is 0 Å². The molecule has 4 heteroatoms. The van der Waals surface area contributed by atoms with Gasteiger partial charge in [0.05, 0.1) is 6.61 Å². The molecule has 2 nitrogen and oxygen atoms in total. The van der Waals surface area contributed by atoms with Gasteiger partial charge in [-0.15, -0.1) is 0 Å². The van der Waals surface area contributed by atoms with E-state index in [-0.39, 0.29) is 5.82 Å². The van der Waals surface area contributed by atoms with E-state index in [0.717, 1.165) is 12.8 Å². The zero-order valence-corrected chi connectivity index (χ0v) is 11.2. The minimum Gasteiger partial charge on any atom is -0.463 e. The molecule has 0 bridgehead atoms. The zero-order valence-electron chi connectivity index (χ0n) is 9.58. The van der Waals surface area contributed by atoms with E-state index in [4.69, 9.17) is 4.74 Å². The molecular weight excluding hydrogens is 287 g/mol. The van der Waals surface area contributed by atoms with Crippen LogP contribution in [0.3, 0.4) is 0 Å². The molecule has 17 heavy (non-hydrogen) atoms. The number of benzene rings is 1. The van der Waals surface area contributed by atoms with Crippen LogP contribution in [0.15, 0.2) is 28.7 Å². The van der Waals surface area contributed by atoms with Gasteiger partial charge in [0, 0.05) is 16.1 Å². The van der Waals surface area contributed by atoms with E-state index in [2.05, 4.69) is 15.9 Å². The lowest BCUT2D eigenvalue weighted by atomic mass is 10.2. The Morgan fingerprint density at radius 1 is 1.53 bits per heavy atom. The van der Waals surface area contributed by atoms with Crippen molar-refractivity contribution in [3.8, 4) is 0 Å². The Kier molecular flexibility index (Phi) is 5.91. The van der Waals surface area contributed by atoms with Crippen molar-refractivity contribution < 1.29 is 13.9 Å². The number of esters is 1. The van der Waals surface area contributed by atoms with Crippen LogP contribution in [0.2, 0.25) is 0 Å². The highest BCUT2D eigenvalue weighted by atomic mass is 79.9. The summed E-state index contributed by atoms with van der Waals surface area (Å²) in [7, 11) is 0. The standard InChI is InChI=1S/C13H14BrFO2/c1-2-3-8-17-13(16)7-5-10-4-6-11(14)9-12(10)15/h4-7,9H,2-3,8H2,1H3/b7-5+. The molecule has 0 aliphatic carbocycles. The Balaban J connectivity index is 2.55. The highest BCUT2D eigenvalue weighted by Crippen LogP contribution is 2.16. The molecule has 0 atom stereocenters. The van der Waals surface area contributed by atoms with Gasteiger partial charge in [0.2, 0.25) is 0 Å². The number of halogens is 2. The Morgan fingerprint density at radius 3 is 2.94 bits per heavy atom. The van der Waals surface area contributed by atoms with Gasteiger partial charge in [-0.3, -0.25) is 0 Å². The predicted molar refractivity (Wildman–Crippen MR) is 69.0 cm³/mol. The number of rotatable bonds is 5. The van der Waals surface area contributed by atoms with Gasteiger partial charge in [0.15, 0.2) is 0 Å². The van der Waals surface area contributed by atoms with Crippen LogP contribution in [-0.2, 0) is 9.53 Å². The van der Waals surface area contributed by atoms with E-state index in [1.807, 2.05) is 6.92 Å². The minimum atomic E-state index is -0.444. The molecule has 0 saturated heterocycles. The maximum absolute atomic E-state index is 13.4.